The van der Waals surface area contributed by atoms with Gasteiger partial charge < -0.3 is 9.80 Å². The lowest BCUT2D eigenvalue weighted by Crippen LogP contribution is -2.48. The molecule has 0 aliphatic carbocycles. The Morgan fingerprint density at radius 1 is 1.04 bits per heavy atom. The molecule has 2 aromatic carbocycles. The summed E-state index contributed by atoms with van der Waals surface area (Å²) in [5, 5.41) is 0. The standard InChI is InChI=1S/C20H20F2N4O/c1-14(27)24-9-11-25(12-10-24)16-6-4-5-15(13-16)19-23-17-7-2-3-8-18(17)26(19)20(21)22/h2-8,13,20H,9-12H2,1H3. The summed E-state index contributed by atoms with van der Waals surface area (Å²) >= 11 is 0. The zero-order chi connectivity index (χ0) is 19.0. The van der Waals surface area contributed by atoms with Gasteiger partial charge in [-0.15, -0.1) is 0 Å². The summed E-state index contributed by atoms with van der Waals surface area (Å²) in [6, 6.07) is 14.4. The molecule has 1 amide bonds. The van der Waals surface area contributed by atoms with E-state index >= 15 is 0 Å². The smallest absolute Gasteiger partial charge is 0.320 e. The number of piperazine rings is 1. The van der Waals surface area contributed by atoms with Crippen LogP contribution in [0, 0.1) is 0 Å². The lowest BCUT2D eigenvalue weighted by atomic mass is 10.1. The number of amides is 1. The van der Waals surface area contributed by atoms with Gasteiger partial charge in [-0.05, 0) is 24.3 Å². The highest BCUT2D eigenvalue weighted by Crippen LogP contribution is 2.31. The number of hydrogen-bond acceptors (Lipinski definition) is 3. The molecular weight excluding hydrogens is 350 g/mol. The van der Waals surface area contributed by atoms with Crippen LogP contribution in [-0.2, 0) is 4.79 Å². The van der Waals surface area contributed by atoms with E-state index in [0.29, 0.717) is 42.8 Å². The van der Waals surface area contributed by atoms with Crippen molar-refractivity contribution in [3.63, 3.8) is 0 Å². The van der Waals surface area contributed by atoms with E-state index in [-0.39, 0.29) is 11.7 Å². The fraction of sp³-hybridized carbons (Fsp3) is 0.300. The average Bonchev–Trinajstić information content (AvgIpc) is 3.08. The number of imidazole rings is 1. The third-order valence-electron chi connectivity index (χ3n) is 4.99. The first-order valence-electron chi connectivity index (χ1n) is 8.90. The molecule has 1 aromatic heterocycles. The summed E-state index contributed by atoms with van der Waals surface area (Å²) in [7, 11) is 0. The van der Waals surface area contributed by atoms with E-state index in [1.807, 2.05) is 23.1 Å². The molecule has 7 heteroatoms. The summed E-state index contributed by atoms with van der Waals surface area (Å²) in [4.78, 5) is 19.9. The molecule has 1 saturated heterocycles. The van der Waals surface area contributed by atoms with Crippen LogP contribution in [0.2, 0.25) is 0 Å². The quantitative estimate of drug-likeness (QED) is 0.705. The molecule has 0 radical (unpaired) electrons. The number of anilines is 1. The Morgan fingerprint density at radius 2 is 1.78 bits per heavy atom. The third-order valence-corrected chi connectivity index (χ3v) is 4.99. The maximum atomic E-state index is 13.7. The molecule has 1 aliphatic rings. The Labute approximate surface area is 155 Å². The molecule has 3 aromatic rings. The van der Waals surface area contributed by atoms with Gasteiger partial charge >= 0.3 is 6.55 Å². The van der Waals surface area contributed by atoms with E-state index in [0.717, 1.165) is 10.3 Å². The minimum absolute atomic E-state index is 0.0778. The summed E-state index contributed by atoms with van der Waals surface area (Å²) in [5.74, 6) is 0.337. The first-order chi connectivity index (χ1) is 13.0. The Morgan fingerprint density at radius 3 is 2.48 bits per heavy atom. The third kappa shape index (κ3) is 3.25. The van der Waals surface area contributed by atoms with E-state index in [1.54, 1.807) is 37.3 Å². The highest BCUT2D eigenvalue weighted by atomic mass is 19.3. The lowest BCUT2D eigenvalue weighted by Gasteiger charge is -2.35. The topological polar surface area (TPSA) is 41.4 Å². The molecule has 1 aliphatic heterocycles. The molecule has 0 N–H and O–H groups in total. The zero-order valence-corrected chi connectivity index (χ0v) is 15.0. The molecule has 27 heavy (non-hydrogen) atoms. The molecule has 0 bridgehead atoms. The van der Waals surface area contributed by atoms with Gasteiger partial charge in [-0.25, -0.2) is 4.98 Å². The molecule has 4 rings (SSSR count). The number of fused-ring (bicyclic) bond motifs is 1. The van der Waals surface area contributed by atoms with Crippen molar-refractivity contribution in [2.45, 2.75) is 13.5 Å². The highest BCUT2D eigenvalue weighted by Gasteiger charge is 2.21. The highest BCUT2D eigenvalue weighted by molar-refractivity contribution is 5.81. The van der Waals surface area contributed by atoms with Crippen LogP contribution in [0.25, 0.3) is 22.4 Å². The van der Waals surface area contributed by atoms with Gasteiger partial charge in [0.05, 0.1) is 11.0 Å². The molecule has 1 fully saturated rings. The van der Waals surface area contributed by atoms with E-state index in [4.69, 9.17) is 0 Å². The Balaban J connectivity index is 1.69. The van der Waals surface area contributed by atoms with E-state index < -0.39 is 6.55 Å². The first-order valence-corrected chi connectivity index (χ1v) is 8.90. The minimum atomic E-state index is -2.67. The van der Waals surface area contributed by atoms with Gasteiger partial charge in [0.25, 0.3) is 0 Å². The van der Waals surface area contributed by atoms with Crippen LogP contribution in [0.15, 0.2) is 48.5 Å². The van der Waals surface area contributed by atoms with Crippen LogP contribution in [0.1, 0.15) is 13.5 Å². The molecule has 140 valence electrons. The Kier molecular flexibility index (Phi) is 4.51. The average molecular weight is 370 g/mol. The number of carbonyl (C=O) groups excluding carboxylic acids is 1. The van der Waals surface area contributed by atoms with Crippen LogP contribution in [0.3, 0.4) is 0 Å². The number of carbonyl (C=O) groups is 1. The van der Waals surface area contributed by atoms with Crippen molar-refractivity contribution in [3.8, 4) is 11.4 Å². The molecule has 0 saturated carbocycles. The largest absolute Gasteiger partial charge is 0.368 e. The minimum Gasteiger partial charge on any atom is -0.368 e. The van der Waals surface area contributed by atoms with Crippen LogP contribution in [0.5, 0.6) is 0 Å². The monoisotopic (exact) mass is 370 g/mol. The SMILES string of the molecule is CC(=O)N1CCN(c2cccc(-c3nc4ccccc4n3C(F)F)c2)CC1. The molecule has 0 spiro atoms. The van der Waals surface area contributed by atoms with Gasteiger partial charge in [0.15, 0.2) is 0 Å². The number of alkyl halides is 2. The lowest BCUT2D eigenvalue weighted by molar-refractivity contribution is -0.129. The summed E-state index contributed by atoms with van der Waals surface area (Å²) in [5.41, 5.74) is 2.57. The van der Waals surface area contributed by atoms with Crippen LogP contribution in [0.4, 0.5) is 14.5 Å². The number of hydrogen-bond donors (Lipinski definition) is 0. The van der Waals surface area contributed by atoms with Crippen LogP contribution < -0.4 is 4.90 Å². The van der Waals surface area contributed by atoms with Crippen molar-refractivity contribution in [2.75, 3.05) is 31.1 Å². The van der Waals surface area contributed by atoms with E-state index in [9.17, 15) is 13.6 Å². The Bertz CT molecular complexity index is 977. The fourth-order valence-electron chi connectivity index (χ4n) is 3.57. The van der Waals surface area contributed by atoms with Gasteiger partial charge in [0, 0.05) is 44.4 Å². The van der Waals surface area contributed by atoms with Crippen molar-refractivity contribution >= 4 is 22.6 Å². The predicted molar refractivity (Wildman–Crippen MR) is 101 cm³/mol. The van der Waals surface area contributed by atoms with Gasteiger partial charge in [-0.1, -0.05) is 24.3 Å². The molecule has 5 nitrogen and oxygen atoms in total. The number of benzene rings is 2. The summed E-state index contributed by atoms with van der Waals surface area (Å²) in [6.45, 7) is 1.66. The second kappa shape index (κ2) is 6.98. The number of halogens is 2. The zero-order valence-electron chi connectivity index (χ0n) is 15.0. The molecular formula is C20H20F2N4O. The predicted octanol–water partition coefficient (Wildman–Crippen LogP) is 3.77. The van der Waals surface area contributed by atoms with E-state index in [1.165, 1.54) is 0 Å². The normalized spacial score (nSPS) is 15.0. The first kappa shape index (κ1) is 17.5. The number of rotatable bonds is 3. The fourth-order valence-corrected chi connectivity index (χ4v) is 3.57. The Hall–Kier alpha value is -2.96. The number of aromatic nitrogens is 2. The maximum Gasteiger partial charge on any atom is 0.320 e. The summed E-state index contributed by atoms with van der Waals surface area (Å²) < 4.78 is 28.4. The van der Waals surface area contributed by atoms with Crippen molar-refractivity contribution in [1.29, 1.82) is 0 Å². The number of nitrogens with zero attached hydrogens (tertiary/aromatic N) is 4. The van der Waals surface area contributed by atoms with Gasteiger partial charge in [-0.2, -0.15) is 8.78 Å². The number of para-hydroxylation sites is 2. The van der Waals surface area contributed by atoms with Crippen LogP contribution in [-0.4, -0.2) is 46.5 Å². The summed E-state index contributed by atoms with van der Waals surface area (Å²) in [6.07, 6.45) is 0. The van der Waals surface area contributed by atoms with Crippen molar-refractivity contribution < 1.29 is 13.6 Å². The van der Waals surface area contributed by atoms with E-state index in [2.05, 4.69) is 9.88 Å². The van der Waals surface area contributed by atoms with Crippen LogP contribution >= 0.6 is 0 Å². The van der Waals surface area contributed by atoms with Crippen molar-refractivity contribution in [1.82, 2.24) is 14.5 Å². The van der Waals surface area contributed by atoms with Crippen molar-refractivity contribution in [2.24, 2.45) is 0 Å². The van der Waals surface area contributed by atoms with Gasteiger partial charge in [0.1, 0.15) is 5.82 Å². The second-order valence-electron chi connectivity index (χ2n) is 6.62. The van der Waals surface area contributed by atoms with Crippen molar-refractivity contribution in [3.05, 3.63) is 48.5 Å². The second-order valence-corrected chi connectivity index (χ2v) is 6.62. The van der Waals surface area contributed by atoms with Gasteiger partial charge in [-0.3, -0.25) is 9.36 Å². The maximum absolute atomic E-state index is 13.7. The molecule has 0 unspecified atom stereocenters. The van der Waals surface area contributed by atoms with Gasteiger partial charge in [0.2, 0.25) is 5.91 Å². The molecule has 2 heterocycles. The molecule has 0 atom stereocenters.